The number of carbonyl (C=O) groups excluding carboxylic acids is 2. The highest BCUT2D eigenvalue weighted by Gasteiger charge is 2.54. The molecule has 4 heteroatoms. The van der Waals surface area contributed by atoms with E-state index in [2.05, 4.69) is 5.32 Å². The molecule has 0 spiro atoms. The van der Waals surface area contributed by atoms with Gasteiger partial charge in [-0.3, -0.25) is 9.59 Å². The summed E-state index contributed by atoms with van der Waals surface area (Å²) in [4.78, 5) is 27.0. The molecular formula is C15H24N2O2. The number of hydrogen-bond acceptors (Lipinski definition) is 2. The van der Waals surface area contributed by atoms with Gasteiger partial charge in [0.2, 0.25) is 11.8 Å². The van der Waals surface area contributed by atoms with E-state index in [1.54, 1.807) is 0 Å². The minimum absolute atomic E-state index is 0.0263. The zero-order chi connectivity index (χ0) is 13.8. The molecule has 106 valence electrons. The van der Waals surface area contributed by atoms with Crippen LogP contribution in [-0.2, 0) is 9.59 Å². The molecule has 2 amide bonds. The Bertz CT molecular complexity index is 398. The standard InChI is InChI=1S/C15H24N2O2/c1-4-11-13(18)16-15(2,3)14(19)17(11)12(9-5-6-9)10-7-8-10/h9-12H,4-8H2,1-3H3,(H,16,18). The van der Waals surface area contributed by atoms with Gasteiger partial charge in [-0.2, -0.15) is 0 Å². The molecule has 1 aliphatic heterocycles. The molecule has 3 rings (SSSR count). The minimum atomic E-state index is -0.745. The van der Waals surface area contributed by atoms with Gasteiger partial charge in [0.15, 0.2) is 0 Å². The predicted molar refractivity (Wildman–Crippen MR) is 72.4 cm³/mol. The lowest BCUT2D eigenvalue weighted by atomic mass is 9.91. The molecule has 0 bridgehead atoms. The van der Waals surface area contributed by atoms with E-state index in [9.17, 15) is 9.59 Å². The van der Waals surface area contributed by atoms with Gasteiger partial charge in [-0.25, -0.2) is 0 Å². The van der Waals surface area contributed by atoms with E-state index in [4.69, 9.17) is 0 Å². The lowest BCUT2D eigenvalue weighted by Crippen LogP contribution is -2.70. The van der Waals surface area contributed by atoms with Crippen LogP contribution in [-0.4, -0.2) is 34.3 Å². The highest BCUT2D eigenvalue weighted by molar-refractivity contribution is 5.99. The van der Waals surface area contributed by atoms with Crippen molar-refractivity contribution in [3.8, 4) is 0 Å². The number of nitrogens with one attached hydrogen (secondary N) is 1. The predicted octanol–water partition coefficient (Wildman–Crippen LogP) is 1.69. The van der Waals surface area contributed by atoms with Crippen molar-refractivity contribution >= 4 is 11.8 Å². The molecule has 2 saturated carbocycles. The Hall–Kier alpha value is -1.06. The summed E-state index contributed by atoms with van der Waals surface area (Å²) in [6.07, 6.45) is 5.61. The van der Waals surface area contributed by atoms with Crippen LogP contribution >= 0.6 is 0 Å². The monoisotopic (exact) mass is 264 g/mol. The second kappa shape index (κ2) is 4.22. The van der Waals surface area contributed by atoms with Crippen LogP contribution in [0.1, 0.15) is 52.9 Å². The summed E-state index contributed by atoms with van der Waals surface area (Å²) >= 11 is 0. The highest BCUT2D eigenvalue weighted by Crippen LogP contribution is 2.48. The van der Waals surface area contributed by atoms with Gasteiger partial charge in [0.1, 0.15) is 11.6 Å². The lowest BCUT2D eigenvalue weighted by Gasteiger charge is -2.46. The van der Waals surface area contributed by atoms with E-state index in [0.717, 1.165) is 0 Å². The van der Waals surface area contributed by atoms with Crippen molar-refractivity contribution in [2.24, 2.45) is 11.8 Å². The number of hydrogen-bond donors (Lipinski definition) is 1. The third-order valence-corrected chi connectivity index (χ3v) is 4.76. The van der Waals surface area contributed by atoms with Gasteiger partial charge < -0.3 is 10.2 Å². The largest absolute Gasteiger partial charge is 0.340 e. The Morgan fingerprint density at radius 3 is 2.16 bits per heavy atom. The molecule has 0 aromatic rings. The first kappa shape index (κ1) is 12.9. The summed E-state index contributed by atoms with van der Waals surface area (Å²) in [6, 6.07) is 0.0644. The molecule has 3 fully saturated rings. The molecule has 4 nitrogen and oxygen atoms in total. The van der Waals surface area contributed by atoms with E-state index in [0.29, 0.717) is 24.3 Å². The second-order valence-electron chi connectivity index (χ2n) is 6.92. The Labute approximate surface area is 114 Å². The van der Waals surface area contributed by atoms with Gasteiger partial charge in [-0.1, -0.05) is 6.92 Å². The number of piperazine rings is 1. The van der Waals surface area contributed by atoms with Crippen LogP contribution in [0.15, 0.2) is 0 Å². The average Bonchev–Trinajstić information content (AvgIpc) is 3.19. The molecule has 1 saturated heterocycles. The maximum Gasteiger partial charge on any atom is 0.248 e. The maximum atomic E-state index is 12.8. The molecule has 1 atom stereocenters. The first-order valence-electron chi connectivity index (χ1n) is 7.60. The number of carbonyl (C=O) groups is 2. The molecule has 0 aromatic heterocycles. The average molecular weight is 264 g/mol. The SMILES string of the molecule is CCC1C(=O)NC(C)(C)C(=O)N1C(C1CC1)C1CC1. The summed E-state index contributed by atoms with van der Waals surface area (Å²) in [6.45, 7) is 5.64. The first-order valence-corrected chi connectivity index (χ1v) is 7.60. The Morgan fingerprint density at radius 2 is 1.74 bits per heavy atom. The summed E-state index contributed by atoms with van der Waals surface area (Å²) in [5.74, 6) is 1.43. The fourth-order valence-electron chi connectivity index (χ4n) is 3.48. The van der Waals surface area contributed by atoms with Crippen LogP contribution < -0.4 is 5.32 Å². The summed E-state index contributed by atoms with van der Waals surface area (Å²) < 4.78 is 0. The molecule has 1 heterocycles. The van der Waals surface area contributed by atoms with E-state index >= 15 is 0 Å². The maximum absolute atomic E-state index is 12.8. The number of rotatable bonds is 4. The molecule has 1 N–H and O–H groups in total. The molecule has 3 aliphatic rings. The summed E-state index contributed by atoms with van der Waals surface area (Å²) in [5.41, 5.74) is -0.745. The Balaban J connectivity index is 1.92. The van der Waals surface area contributed by atoms with Crippen LogP contribution in [0.5, 0.6) is 0 Å². The van der Waals surface area contributed by atoms with Gasteiger partial charge in [-0.15, -0.1) is 0 Å². The quantitative estimate of drug-likeness (QED) is 0.840. The zero-order valence-electron chi connectivity index (χ0n) is 12.1. The van der Waals surface area contributed by atoms with Crippen molar-refractivity contribution in [3.63, 3.8) is 0 Å². The molecule has 0 radical (unpaired) electrons. The van der Waals surface area contributed by atoms with Gasteiger partial charge in [0.25, 0.3) is 0 Å². The van der Waals surface area contributed by atoms with Crippen molar-refractivity contribution in [1.82, 2.24) is 10.2 Å². The highest BCUT2D eigenvalue weighted by atomic mass is 16.2. The third-order valence-electron chi connectivity index (χ3n) is 4.76. The fourth-order valence-corrected chi connectivity index (χ4v) is 3.48. The van der Waals surface area contributed by atoms with Crippen LogP contribution in [0.2, 0.25) is 0 Å². The van der Waals surface area contributed by atoms with Gasteiger partial charge in [0.05, 0.1) is 0 Å². The molecule has 19 heavy (non-hydrogen) atoms. The topological polar surface area (TPSA) is 49.4 Å². The number of nitrogens with zero attached hydrogens (tertiary/aromatic N) is 1. The van der Waals surface area contributed by atoms with Crippen molar-refractivity contribution in [2.75, 3.05) is 0 Å². The van der Waals surface area contributed by atoms with Crippen LogP contribution in [0.25, 0.3) is 0 Å². The van der Waals surface area contributed by atoms with Crippen molar-refractivity contribution in [1.29, 1.82) is 0 Å². The summed E-state index contributed by atoms with van der Waals surface area (Å²) in [5, 5.41) is 2.88. The van der Waals surface area contributed by atoms with Crippen molar-refractivity contribution < 1.29 is 9.59 Å². The van der Waals surface area contributed by atoms with Crippen LogP contribution in [0.3, 0.4) is 0 Å². The van der Waals surface area contributed by atoms with Gasteiger partial charge in [-0.05, 0) is 57.8 Å². The lowest BCUT2D eigenvalue weighted by molar-refractivity contribution is -0.157. The van der Waals surface area contributed by atoms with Crippen molar-refractivity contribution in [2.45, 2.75) is 70.5 Å². The third kappa shape index (κ3) is 2.15. The van der Waals surface area contributed by atoms with Crippen molar-refractivity contribution in [3.05, 3.63) is 0 Å². The normalized spacial score (nSPS) is 30.7. The van der Waals surface area contributed by atoms with E-state index in [1.807, 2.05) is 25.7 Å². The molecule has 2 aliphatic carbocycles. The molecular weight excluding hydrogens is 240 g/mol. The van der Waals surface area contributed by atoms with E-state index in [-0.39, 0.29) is 17.9 Å². The number of amides is 2. The van der Waals surface area contributed by atoms with Crippen LogP contribution in [0, 0.1) is 11.8 Å². The van der Waals surface area contributed by atoms with Gasteiger partial charge in [0, 0.05) is 6.04 Å². The Morgan fingerprint density at radius 1 is 1.21 bits per heavy atom. The second-order valence-corrected chi connectivity index (χ2v) is 6.92. The van der Waals surface area contributed by atoms with E-state index in [1.165, 1.54) is 25.7 Å². The van der Waals surface area contributed by atoms with E-state index < -0.39 is 5.54 Å². The smallest absolute Gasteiger partial charge is 0.248 e. The zero-order valence-corrected chi connectivity index (χ0v) is 12.1. The Kier molecular flexibility index (Phi) is 2.88. The minimum Gasteiger partial charge on any atom is -0.340 e. The van der Waals surface area contributed by atoms with Crippen LogP contribution in [0.4, 0.5) is 0 Å². The molecule has 0 aromatic carbocycles. The fraction of sp³-hybridized carbons (Fsp3) is 0.867. The van der Waals surface area contributed by atoms with Gasteiger partial charge >= 0.3 is 0 Å². The summed E-state index contributed by atoms with van der Waals surface area (Å²) in [7, 11) is 0. The molecule has 1 unspecified atom stereocenters. The first-order chi connectivity index (χ1) is 8.95.